The molecule has 1 N–H and O–H groups in total. The summed E-state index contributed by atoms with van der Waals surface area (Å²) in [6.45, 7) is 0.484. The molecule has 0 radical (unpaired) electrons. The second-order valence-corrected chi connectivity index (χ2v) is 3.99. The van der Waals surface area contributed by atoms with Gasteiger partial charge in [-0.1, -0.05) is 12.1 Å². The fourth-order valence-corrected chi connectivity index (χ4v) is 1.85. The third kappa shape index (κ3) is 2.29. The van der Waals surface area contributed by atoms with Crippen molar-refractivity contribution >= 4 is 5.82 Å². The summed E-state index contributed by atoms with van der Waals surface area (Å²) in [5.74, 6) is -0.146. The number of anilines is 1. The SMILES string of the molecule is Fc1cnc(NCc2cccc3c2OCO3)c(F)c1. The van der Waals surface area contributed by atoms with Gasteiger partial charge in [-0.05, 0) is 6.07 Å². The van der Waals surface area contributed by atoms with Crippen LogP contribution in [0.15, 0.2) is 30.5 Å². The van der Waals surface area contributed by atoms with E-state index >= 15 is 0 Å². The first-order valence-electron chi connectivity index (χ1n) is 5.66. The second-order valence-electron chi connectivity index (χ2n) is 3.99. The molecule has 3 rings (SSSR count). The van der Waals surface area contributed by atoms with Crippen molar-refractivity contribution in [2.45, 2.75) is 6.54 Å². The first-order chi connectivity index (χ1) is 9.24. The van der Waals surface area contributed by atoms with Crippen molar-refractivity contribution in [3.05, 3.63) is 47.7 Å². The molecular weight excluding hydrogens is 254 g/mol. The van der Waals surface area contributed by atoms with Crippen LogP contribution in [0.25, 0.3) is 0 Å². The van der Waals surface area contributed by atoms with Gasteiger partial charge in [0, 0.05) is 18.2 Å². The summed E-state index contributed by atoms with van der Waals surface area (Å²) in [7, 11) is 0. The smallest absolute Gasteiger partial charge is 0.231 e. The van der Waals surface area contributed by atoms with Gasteiger partial charge < -0.3 is 14.8 Å². The zero-order chi connectivity index (χ0) is 13.2. The molecule has 2 aromatic rings. The highest BCUT2D eigenvalue weighted by atomic mass is 19.1. The van der Waals surface area contributed by atoms with Crippen LogP contribution >= 0.6 is 0 Å². The van der Waals surface area contributed by atoms with E-state index in [0.717, 1.165) is 17.8 Å². The summed E-state index contributed by atoms with van der Waals surface area (Å²) in [6, 6.07) is 6.23. The van der Waals surface area contributed by atoms with E-state index in [9.17, 15) is 8.78 Å². The molecule has 0 fully saturated rings. The number of halogens is 2. The van der Waals surface area contributed by atoms with Crippen molar-refractivity contribution in [3.63, 3.8) is 0 Å². The van der Waals surface area contributed by atoms with Crippen molar-refractivity contribution in [2.75, 3.05) is 12.1 Å². The van der Waals surface area contributed by atoms with Gasteiger partial charge in [0.2, 0.25) is 6.79 Å². The topological polar surface area (TPSA) is 43.4 Å². The molecule has 0 atom stereocenters. The minimum Gasteiger partial charge on any atom is -0.454 e. The first kappa shape index (κ1) is 11.7. The van der Waals surface area contributed by atoms with E-state index in [1.807, 2.05) is 12.1 Å². The summed E-state index contributed by atoms with van der Waals surface area (Å²) >= 11 is 0. The molecule has 1 aliphatic heterocycles. The minimum absolute atomic E-state index is 0.00193. The number of pyridine rings is 1. The highest BCUT2D eigenvalue weighted by molar-refractivity contribution is 5.49. The number of fused-ring (bicyclic) bond motifs is 1. The monoisotopic (exact) mass is 264 g/mol. The Morgan fingerprint density at radius 2 is 2.16 bits per heavy atom. The Morgan fingerprint density at radius 3 is 3.00 bits per heavy atom. The van der Waals surface area contributed by atoms with Crippen molar-refractivity contribution in [3.8, 4) is 11.5 Å². The highest BCUT2D eigenvalue weighted by Crippen LogP contribution is 2.35. The summed E-state index contributed by atoms with van der Waals surface area (Å²) in [5, 5.41) is 2.80. The van der Waals surface area contributed by atoms with Gasteiger partial charge in [-0.2, -0.15) is 0 Å². The first-order valence-corrected chi connectivity index (χ1v) is 5.66. The lowest BCUT2D eigenvalue weighted by atomic mass is 10.2. The molecule has 2 heterocycles. The van der Waals surface area contributed by atoms with Crippen LogP contribution in [0.3, 0.4) is 0 Å². The number of hydrogen-bond acceptors (Lipinski definition) is 4. The van der Waals surface area contributed by atoms with Crippen LogP contribution in [-0.4, -0.2) is 11.8 Å². The Morgan fingerprint density at radius 1 is 1.26 bits per heavy atom. The fraction of sp³-hybridized carbons (Fsp3) is 0.154. The highest BCUT2D eigenvalue weighted by Gasteiger charge is 2.17. The molecule has 19 heavy (non-hydrogen) atoms. The number of rotatable bonds is 3. The largest absolute Gasteiger partial charge is 0.454 e. The zero-order valence-electron chi connectivity index (χ0n) is 9.82. The number of hydrogen-bond donors (Lipinski definition) is 1. The molecule has 0 spiro atoms. The maximum Gasteiger partial charge on any atom is 0.231 e. The average Bonchev–Trinajstić information content (AvgIpc) is 2.86. The predicted molar refractivity (Wildman–Crippen MR) is 64.0 cm³/mol. The molecule has 0 aliphatic carbocycles. The predicted octanol–water partition coefficient (Wildman–Crippen LogP) is 2.70. The van der Waals surface area contributed by atoms with Crippen LogP contribution in [0.1, 0.15) is 5.56 Å². The van der Waals surface area contributed by atoms with Crippen molar-refractivity contribution in [2.24, 2.45) is 0 Å². The Bertz CT molecular complexity index is 620. The molecule has 6 heteroatoms. The summed E-state index contributed by atoms with van der Waals surface area (Å²) in [4.78, 5) is 3.65. The summed E-state index contributed by atoms with van der Waals surface area (Å²) in [6.07, 6.45) is 0.959. The van der Waals surface area contributed by atoms with E-state index in [0.29, 0.717) is 18.0 Å². The van der Waals surface area contributed by atoms with Gasteiger partial charge in [0.15, 0.2) is 23.1 Å². The molecule has 0 amide bonds. The lowest BCUT2D eigenvalue weighted by Gasteiger charge is -2.08. The third-order valence-electron chi connectivity index (χ3n) is 2.73. The maximum absolute atomic E-state index is 13.4. The van der Waals surface area contributed by atoms with E-state index in [1.165, 1.54) is 0 Å². The van der Waals surface area contributed by atoms with Crippen LogP contribution in [0.4, 0.5) is 14.6 Å². The summed E-state index contributed by atoms with van der Waals surface area (Å²) < 4.78 is 36.7. The number of benzene rings is 1. The molecule has 4 nitrogen and oxygen atoms in total. The molecule has 0 bridgehead atoms. The van der Waals surface area contributed by atoms with Crippen LogP contribution in [0, 0.1) is 11.6 Å². The van der Waals surface area contributed by atoms with Gasteiger partial charge >= 0.3 is 0 Å². The van der Waals surface area contributed by atoms with Crippen molar-refractivity contribution in [1.82, 2.24) is 4.98 Å². The van der Waals surface area contributed by atoms with Crippen LogP contribution in [0.2, 0.25) is 0 Å². The fourth-order valence-electron chi connectivity index (χ4n) is 1.85. The average molecular weight is 264 g/mol. The number of para-hydroxylation sites is 1. The molecule has 0 unspecified atom stereocenters. The lowest BCUT2D eigenvalue weighted by molar-refractivity contribution is 0.173. The molecule has 0 saturated heterocycles. The van der Waals surface area contributed by atoms with Gasteiger partial charge in [0.05, 0.1) is 6.20 Å². The molecular formula is C13H10F2N2O2. The number of aromatic nitrogens is 1. The van der Waals surface area contributed by atoms with Crippen LogP contribution < -0.4 is 14.8 Å². The number of nitrogens with one attached hydrogen (secondary N) is 1. The second kappa shape index (κ2) is 4.72. The van der Waals surface area contributed by atoms with E-state index in [4.69, 9.17) is 9.47 Å². The molecule has 1 aliphatic rings. The van der Waals surface area contributed by atoms with Crippen molar-refractivity contribution in [1.29, 1.82) is 0 Å². The third-order valence-corrected chi connectivity index (χ3v) is 2.73. The quantitative estimate of drug-likeness (QED) is 0.925. The van der Waals surface area contributed by atoms with Gasteiger partial charge in [-0.25, -0.2) is 13.8 Å². The van der Waals surface area contributed by atoms with Crippen LogP contribution in [0.5, 0.6) is 11.5 Å². The Kier molecular flexibility index (Phi) is 2.91. The Hall–Kier alpha value is -2.37. The molecule has 0 saturated carbocycles. The van der Waals surface area contributed by atoms with Gasteiger partial charge in [0.1, 0.15) is 5.82 Å². The maximum atomic E-state index is 13.4. The number of nitrogens with zero attached hydrogens (tertiary/aromatic N) is 1. The molecule has 1 aromatic carbocycles. The van der Waals surface area contributed by atoms with Crippen molar-refractivity contribution < 1.29 is 18.3 Å². The van der Waals surface area contributed by atoms with Gasteiger partial charge in [0.25, 0.3) is 0 Å². The van der Waals surface area contributed by atoms with E-state index in [1.54, 1.807) is 6.07 Å². The lowest BCUT2D eigenvalue weighted by Crippen LogP contribution is -2.05. The van der Waals surface area contributed by atoms with Gasteiger partial charge in [-0.15, -0.1) is 0 Å². The minimum atomic E-state index is -0.732. The number of ether oxygens (including phenoxy) is 2. The van der Waals surface area contributed by atoms with E-state index in [2.05, 4.69) is 10.3 Å². The van der Waals surface area contributed by atoms with E-state index in [-0.39, 0.29) is 12.6 Å². The molecule has 98 valence electrons. The normalized spacial score (nSPS) is 12.5. The zero-order valence-corrected chi connectivity index (χ0v) is 9.82. The standard InChI is InChI=1S/C13H10F2N2O2/c14-9-4-10(15)13(17-6-9)16-5-8-2-1-3-11-12(8)19-7-18-11/h1-4,6H,5,7H2,(H,16,17). The van der Waals surface area contributed by atoms with Gasteiger partial charge in [-0.3, -0.25) is 0 Å². The summed E-state index contributed by atoms with van der Waals surface area (Å²) in [5.41, 5.74) is 0.820. The Balaban J connectivity index is 1.78. The Labute approximate surface area is 108 Å². The van der Waals surface area contributed by atoms with Crippen LogP contribution in [-0.2, 0) is 6.54 Å². The molecule has 1 aromatic heterocycles. The van der Waals surface area contributed by atoms with E-state index < -0.39 is 11.6 Å².